The molecule has 2 aromatic rings. The van der Waals surface area contributed by atoms with Crippen molar-refractivity contribution in [3.05, 3.63) is 33.6 Å². The highest BCUT2D eigenvalue weighted by molar-refractivity contribution is 7.71. The molecule has 1 aliphatic carbocycles. The van der Waals surface area contributed by atoms with Gasteiger partial charge in [0, 0.05) is 36.5 Å². The molecule has 1 saturated heterocycles. The summed E-state index contributed by atoms with van der Waals surface area (Å²) in [5.74, 6) is 1.76. The Labute approximate surface area is 178 Å². The van der Waals surface area contributed by atoms with Gasteiger partial charge in [0.05, 0.1) is 12.3 Å². The number of ether oxygens (including phenoxy) is 1. The van der Waals surface area contributed by atoms with E-state index in [1.54, 1.807) is 4.68 Å². The largest absolute Gasteiger partial charge is 0.376 e. The zero-order chi connectivity index (χ0) is 20.2. The monoisotopic (exact) mass is 415 g/mol. The fraction of sp³-hybridized carbons (Fsp3) is 0.682. The summed E-state index contributed by atoms with van der Waals surface area (Å²) in [6.45, 7) is 6.12. The van der Waals surface area contributed by atoms with E-state index in [1.807, 2.05) is 6.21 Å². The summed E-state index contributed by atoms with van der Waals surface area (Å²) >= 11 is 5.43. The Morgan fingerprint density at radius 3 is 2.83 bits per heavy atom. The van der Waals surface area contributed by atoms with E-state index in [0.717, 1.165) is 43.3 Å². The zero-order valence-electron chi connectivity index (χ0n) is 17.7. The van der Waals surface area contributed by atoms with Crippen LogP contribution >= 0.6 is 12.2 Å². The second kappa shape index (κ2) is 9.39. The Bertz CT molecular complexity index is 897. The van der Waals surface area contributed by atoms with Crippen LogP contribution in [-0.4, -0.2) is 38.4 Å². The molecule has 29 heavy (non-hydrogen) atoms. The van der Waals surface area contributed by atoms with E-state index in [1.165, 1.54) is 56.3 Å². The number of nitrogens with zero attached hydrogens (tertiary/aromatic N) is 4. The van der Waals surface area contributed by atoms with Crippen molar-refractivity contribution in [3.63, 3.8) is 0 Å². The van der Waals surface area contributed by atoms with E-state index in [4.69, 9.17) is 22.1 Å². The molecule has 6 nitrogen and oxygen atoms in total. The van der Waals surface area contributed by atoms with Gasteiger partial charge in [-0.1, -0.05) is 32.1 Å². The van der Waals surface area contributed by atoms with Gasteiger partial charge in [-0.3, -0.25) is 5.10 Å². The molecule has 1 N–H and O–H groups in total. The fourth-order valence-corrected chi connectivity index (χ4v) is 4.96. The third kappa shape index (κ3) is 4.89. The number of aryl methyl sites for hydroxylation is 2. The summed E-state index contributed by atoms with van der Waals surface area (Å²) in [4.78, 5) is 0. The summed E-state index contributed by atoms with van der Waals surface area (Å²) in [5, 5.41) is 12.1. The minimum absolute atomic E-state index is 0.332. The third-order valence-corrected chi connectivity index (χ3v) is 6.82. The van der Waals surface area contributed by atoms with E-state index in [2.05, 4.69) is 34.7 Å². The molecule has 2 aromatic heterocycles. The fourth-order valence-electron chi connectivity index (χ4n) is 4.77. The quantitative estimate of drug-likeness (QED) is 0.515. The second-order valence-electron chi connectivity index (χ2n) is 8.62. The third-order valence-electron chi connectivity index (χ3n) is 6.55. The molecule has 0 aromatic carbocycles. The topological polar surface area (TPSA) is 60.1 Å². The van der Waals surface area contributed by atoms with Crippen molar-refractivity contribution in [3.8, 4) is 0 Å². The lowest BCUT2D eigenvalue weighted by Crippen LogP contribution is -2.16. The van der Waals surface area contributed by atoms with Gasteiger partial charge in [-0.05, 0) is 57.3 Å². The molecule has 0 radical (unpaired) electrons. The second-order valence-corrected chi connectivity index (χ2v) is 9.00. The molecule has 0 spiro atoms. The van der Waals surface area contributed by atoms with Crippen molar-refractivity contribution < 1.29 is 4.74 Å². The Balaban J connectivity index is 1.46. The maximum Gasteiger partial charge on any atom is 0.216 e. The van der Waals surface area contributed by atoms with Crippen LogP contribution in [0.1, 0.15) is 74.1 Å². The maximum absolute atomic E-state index is 5.82. The van der Waals surface area contributed by atoms with Gasteiger partial charge in [0.25, 0.3) is 0 Å². The van der Waals surface area contributed by atoms with Crippen molar-refractivity contribution in [2.75, 3.05) is 6.61 Å². The minimum Gasteiger partial charge on any atom is -0.376 e. The molecule has 0 unspecified atom stereocenters. The van der Waals surface area contributed by atoms with Gasteiger partial charge in [0.1, 0.15) is 0 Å². The number of nitrogens with one attached hydrogen (secondary N) is 1. The summed E-state index contributed by atoms with van der Waals surface area (Å²) in [6, 6.07) is 2.19. The summed E-state index contributed by atoms with van der Waals surface area (Å²) in [7, 11) is 0. The lowest BCUT2D eigenvalue weighted by molar-refractivity contribution is 0.0962. The van der Waals surface area contributed by atoms with Gasteiger partial charge < -0.3 is 9.30 Å². The van der Waals surface area contributed by atoms with Crippen molar-refractivity contribution in [2.24, 2.45) is 11.0 Å². The number of H-pyrrole nitrogens is 1. The van der Waals surface area contributed by atoms with Gasteiger partial charge >= 0.3 is 0 Å². The van der Waals surface area contributed by atoms with Crippen molar-refractivity contribution in [1.82, 2.24) is 19.4 Å². The number of aromatic amines is 1. The van der Waals surface area contributed by atoms with E-state index in [9.17, 15) is 0 Å². The number of aromatic nitrogens is 4. The normalized spacial score (nSPS) is 20.8. The Kier molecular flexibility index (Phi) is 6.65. The molecular weight excluding hydrogens is 382 g/mol. The van der Waals surface area contributed by atoms with Crippen LogP contribution in [0.25, 0.3) is 0 Å². The standard InChI is InChI=1S/C22H33N5OS/c1-16-13-19(17(2)26(16)15-20-9-6-12-28-20)14-23-27-21(24-25-22(27)29)11-10-18-7-4-3-5-8-18/h13-14,18,20H,3-12,15H2,1-2H3,(H,25,29)/b23-14-/t20-/m1/s1. The van der Waals surface area contributed by atoms with E-state index in [-0.39, 0.29) is 0 Å². The predicted octanol–water partition coefficient (Wildman–Crippen LogP) is 4.93. The van der Waals surface area contributed by atoms with Crippen LogP contribution in [0.2, 0.25) is 0 Å². The van der Waals surface area contributed by atoms with E-state index in [0.29, 0.717) is 10.9 Å². The Morgan fingerprint density at radius 1 is 1.24 bits per heavy atom. The van der Waals surface area contributed by atoms with Crippen molar-refractivity contribution in [2.45, 2.75) is 84.3 Å². The molecule has 7 heteroatoms. The minimum atomic E-state index is 0.332. The Morgan fingerprint density at radius 2 is 2.07 bits per heavy atom. The van der Waals surface area contributed by atoms with Gasteiger partial charge in [-0.25, -0.2) is 0 Å². The highest BCUT2D eigenvalue weighted by Crippen LogP contribution is 2.27. The van der Waals surface area contributed by atoms with Crippen molar-refractivity contribution >= 4 is 18.4 Å². The highest BCUT2D eigenvalue weighted by Gasteiger charge is 2.19. The van der Waals surface area contributed by atoms with Crippen LogP contribution in [0.3, 0.4) is 0 Å². The average molecular weight is 416 g/mol. The lowest BCUT2D eigenvalue weighted by atomic mass is 9.86. The number of rotatable bonds is 7. The number of hydrogen-bond donors (Lipinski definition) is 1. The molecule has 1 aliphatic heterocycles. The molecule has 4 rings (SSSR count). The first-order chi connectivity index (χ1) is 14.1. The van der Waals surface area contributed by atoms with Crippen LogP contribution in [0, 0.1) is 24.5 Å². The molecule has 2 fully saturated rings. The van der Waals surface area contributed by atoms with E-state index < -0.39 is 0 Å². The molecule has 2 aliphatic rings. The zero-order valence-corrected chi connectivity index (χ0v) is 18.5. The predicted molar refractivity (Wildman–Crippen MR) is 118 cm³/mol. The first kappa shape index (κ1) is 20.5. The van der Waals surface area contributed by atoms with Crippen LogP contribution in [0.15, 0.2) is 11.2 Å². The Hall–Kier alpha value is -1.73. The summed E-state index contributed by atoms with van der Waals surface area (Å²) in [5.41, 5.74) is 3.59. The summed E-state index contributed by atoms with van der Waals surface area (Å²) < 4.78 is 10.5. The van der Waals surface area contributed by atoms with Gasteiger partial charge in [-0.15, -0.1) is 0 Å². The van der Waals surface area contributed by atoms with Gasteiger partial charge in [0.15, 0.2) is 5.82 Å². The first-order valence-corrected chi connectivity index (χ1v) is 11.5. The first-order valence-electron chi connectivity index (χ1n) is 11.1. The molecule has 158 valence electrons. The highest BCUT2D eigenvalue weighted by atomic mass is 32.1. The smallest absolute Gasteiger partial charge is 0.216 e. The van der Waals surface area contributed by atoms with Crippen LogP contribution in [-0.2, 0) is 17.7 Å². The molecule has 1 atom stereocenters. The molecule has 0 amide bonds. The van der Waals surface area contributed by atoms with Gasteiger partial charge in [0.2, 0.25) is 4.77 Å². The molecule has 3 heterocycles. The average Bonchev–Trinajstić information content (AvgIpc) is 3.43. The van der Waals surface area contributed by atoms with Crippen LogP contribution in [0.5, 0.6) is 0 Å². The molecule has 0 bridgehead atoms. The van der Waals surface area contributed by atoms with E-state index >= 15 is 0 Å². The SMILES string of the molecule is Cc1cc(/C=N\n2c(CCC3CCCCC3)n[nH]c2=S)c(C)n1C[C@H]1CCCO1. The van der Waals surface area contributed by atoms with Crippen LogP contribution < -0.4 is 0 Å². The molecular formula is C22H33N5OS. The number of hydrogen-bond acceptors (Lipinski definition) is 4. The van der Waals surface area contributed by atoms with Crippen LogP contribution in [0.4, 0.5) is 0 Å². The van der Waals surface area contributed by atoms with Crippen molar-refractivity contribution in [1.29, 1.82) is 0 Å². The van der Waals surface area contributed by atoms with Gasteiger partial charge in [-0.2, -0.15) is 14.9 Å². The molecule has 1 saturated carbocycles. The lowest BCUT2D eigenvalue weighted by Gasteiger charge is -2.20. The maximum atomic E-state index is 5.82. The summed E-state index contributed by atoms with van der Waals surface area (Å²) in [6.07, 6.45) is 13.5.